The first kappa shape index (κ1) is 17.9. The first-order chi connectivity index (χ1) is 10.7. The lowest BCUT2D eigenvalue weighted by atomic mass is 10.0. The highest BCUT2D eigenvalue weighted by Crippen LogP contribution is 2.23. The molecule has 1 saturated heterocycles. The fourth-order valence-corrected chi connectivity index (χ4v) is 2.84. The second kappa shape index (κ2) is 6.97. The molecule has 1 heterocycles. The molecule has 126 valence electrons. The van der Waals surface area contributed by atoms with Gasteiger partial charge in [0.15, 0.2) is 0 Å². The van der Waals surface area contributed by atoms with E-state index in [0.717, 1.165) is 4.90 Å². The van der Waals surface area contributed by atoms with E-state index in [2.05, 4.69) is 5.32 Å². The van der Waals surface area contributed by atoms with Crippen molar-refractivity contribution in [2.24, 2.45) is 0 Å². The molecule has 1 aromatic carbocycles. The highest BCUT2D eigenvalue weighted by Gasteiger charge is 2.43. The summed E-state index contributed by atoms with van der Waals surface area (Å²) < 4.78 is 37.1. The number of amides is 2. The van der Waals surface area contributed by atoms with E-state index in [-0.39, 0.29) is 42.6 Å². The van der Waals surface area contributed by atoms with Gasteiger partial charge >= 0.3 is 12.1 Å². The van der Waals surface area contributed by atoms with Crippen molar-refractivity contribution in [2.75, 3.05) is 13.1 Å². The van der Waals surface area contributed by atoms with Crippen LogP contribution in [-0.2, 0) is 4.79 Å². The number of nitrogens with one attached hydrogen (secondary N) is 1. The van der Waals surface area contributed by atoms with Gasteiger partial charge < -0.3 is 10.2 Å². The highest BCUT2D eigenvalue weighted by atomic mass is 35.5. The maximum Gasteiger partial charge on any atom is 0.471 e. The van der Waals surface area contributed by atoms with Crippen LogP contribution in [0.2, 0.25) is 10.0 Å². The molecule has 23 heavy (non-hydrogen) atoms. The largest absolute Gasteiger partial charge is 0.471 e. The molecule has 1 fully saturated rings. The van der Waals surface area contributed by atoms with E-state index in [1.54, 1.807) is 0 Å². The fourth-order valence-electron chi connectivity index (χ4n) is 2.34. The van der Waals surface area contributed by atoms with Gasteiger partial charge in [-0.3, -0.25) is 9.59 Å². The van der Waals surface area contributed by atoms with Gasteiger partial charge in [0.2, 0.25) is 0 Å². The Bertz CT molecular complexity index is 615. The van der Waals surface area contributed by atoms with Crippen molar-refractivity contribution in [3.05, 3.63) is 33.8 Å². The van der Waals surface area contributed by atoms with E-state index in [9.17, 15) is 22.8 Å². The van der Waals surface area contributed by atoms with Gasteiger partial charge in [0.05, 0.1) is 10.6 Å². The van der Waals surface area contributed by atoms with Crippen LogP contribution in [0.3, 0.4) is 0 Å². The molecule has 0 aromatic heterocycles. The summed E-state index contributed by atoms with van der Waals surface area (Å²) in [5.41, 5.74) is 0.241. The number of likely N-dealkylation sites (tertiary alicyclic amines) is 1. The summed E-state index contributed by atoms with van der Waals surface area (Å²) in [7, 11) is 0. The van der Waals surface area contributed by atoms with Crippen molar-refractivity contribution in [2.45, 2.75) is 25.1 Å². The summed E-state index contributed by atoms with van der Waals surface area (Å²) in [6, 6.07) is 4.12. The lowest BCUT2D eigenvalue weighted by molar-refractivity contribution is -0.186. The third-order valence-electron chi connectivity index (χ3n) is 3.54. The van der Waals surface area contributed by atoms with Crippen molar-refractivity contribution in [3.63, 3.8) is 0 Å². The molecule has 0 saturated carbocycles. The van der Waals surface area contributed by atoms with Crippen LogP contribution in [0.1, 0.15) is 23.2 Å². The van der Waals surface area contributed by atoms with Crippen molar-refractivity contribution < 1.29 is 22.8 Å². The Morgan fingerprint density at radius 3 is 2.30 bits per heavy atom. The summed E-state index contributed by atoms with van der Waals surface area (Å²) in [4.78, 5) is 24.0. The van der Waals surface area contributed by atoms with Crippen molar-refractivity contribution >= 4 is 35.0 Å². The molecule has 0 aliphatic carbocycles. The van der Waals surface area contributed by atoms with Gasteiger partial charge in [-0.25, -0.2) is 0 Å². The number of halogens is 5. The van der Waals surface area contributed by atoms with E-state index < -0.39 is 18.0 Å². The maximum atomic E-state index is 12.4. The Kier molecular flexibility index (Phi) is 5.41. The minimum atomic E-state index is -4.87. The van der Waals surface area contributed by atoms with E-state index in [1.165, 1.54) is 18.2 Å². The summed E-state index contributed by atoms with van der Waals surface area (Å²) in [5.74, 6) is -2.27. The van der Waals surface area contributed by atoms with Crippen LogP contribution in [-0.4, -0.2) is 42.0 Å². The van der Waals surface area contributed by atoms with Crippen molar-refractivity contribution in [3.8, 4) is 0 Å². The summed E-state index contributed by atoms with van der Waals surface area (Å²) in [6.07, 6.45) is -4.37. The van der Waals surface area contributed by atoms with E-state index in [4.69, 9.17) is 23.2 Å². The Labute approximate surface area is 140 Å². The number of alkyl halides is 3. The number of hydrogen-bond donors (Lipinski definition) is 1. The minimum absolute atomic E-state index is 0.0579. The Hall–Kier alpha value is -1.47. The van der Waals surface area contributed by atoms with Crippen molar-refractivity contribution in [1.82, 2.24) is 10.2 Å². The quantitative estimate of drug-likeness (QED) is 0.870. The van der Waals surface area contributed by atoms with E-state index in [1.807, 2.05) is 0 Å². The number of rotatable bonds is 2. The zero-order chi connectivity index (χ0) is 17.2. The van der Waals surface area contributed by atoms with Crippen LogP contribution >= 0.6 is 23.2 Å². The number of nitrogens with zero attached hydrogens (tertiary/aromatic N) is 1. The molecule has 2 amide bonds. The van der Waals surface area contributed by atoms with Crippen LogP contribution < -0.4 is 5.32 Å². The molecule has 0 spiro atoms. The topological polar surface area (TPSA) is 49.4 Å². The number of carbonyl (C=O) groups is 2. The predicted molar refractivity (Wildman–Crippen MR) is 79.6 cm³/mol. The zero-order valence-electron chi connectivity index (χ0n) is 11.8. The van der Waals surface area contributed by atoms with Gasteiger partial charge in [-0.1, -0.05) is 23.2 Å². The Morgan fingerprint density at radius 1 is 1.17 bits per heavy atom. The van der Waals surface area contributed by atoms with Crippen LogP contribution in [0.4, 0.5) is 13.2 Å². The average Bonchev–Trinajstić information content (AvgIpc) is 2.46. The minimum Gasteiger partial charge on any atom is -0.349 e. The highest BCUT2D eigenvalue weighted by molar-refractivity contribution is 6.36. The SMILES string of the molecule is O=C(NC1CCN(C(=O)C(F)(F)F)CC1)c1ccc(Cl)cc1Cl. The summed E-state index contributed by atoms with van der Waals surface area (Å²) in [5, 5.41) is 3.30. The fraction of sp³-hybridized carbons (Fsp3) is 0.429. The molecular formula is C14H13Cl2F3N2O2. The molecular weight excluding hydrogens is 356 g/mol. The van der Waals surface area contributed by atoms with Gasteiger partial charge in [-0.05, 0) is 31.0 Å². The molecule has 0 atom stereocenters. The van der Waals surface area contributed by atoms with E-state index in [0.29, 0.717) is 5.02 Å². The maximum absolute atomic E-state index is 12.4. The Morgan fingerprint density at radius 2 is 1.78 bits per heavy atom. The van der Waals surface area contributed by atoms with Crippen LogP contribution in [0.25, 0.3) is 0 Å². The lowest BCUT2D eigenvalue weighted by Gasteiger charge is -2.32. The second-order valence-corrected chi connectivity index (χ2v) is 6.01. The van der Waals surface area contributed by atoms with Crippen LogP contribution in [0, 0.1) is 0 Å². The molecule has 2 rings (SSSR count). The standard InChI is InChI=1S/C14H13Cl2F3N2O2/c15-8-1-2-10(11(16)7-8)12(22)20-9-3-5-21(6-4-9)13(23)14(17,18)19/h1-2,7,9H,3-6H2,(H,20,22). The van der Waals surface area contributed by atoms with Crippen LogP contribution in [0.5, 0.6) is 0 Å². The molecule has 1 aliphatic rings. The zero-order valence-corrected chi connectivity index (χ0v) is 13.3. The predicted octanol–water partition coefficient (Wildman–Crippen LogP) is 3.28. The van der Waals surface area contributed by atoms with Gasteiger partial charge in [0, 0.05) is 24.2 Å². The lowest BCUT2D eigenvalue weighted by Crippen LogP contribution is -2.50. The molecule has 0 bridgehead atoms. The molecule has 1 aliphatic heterocycles. The molecule has 1 aromatic rings. The van der Waals surface area contributed by atoms with Gasteiger partial charge in [-0.15, -0.1) is 0 Å². The number of carbonyl (C=O) groups excluding carboxylic acids is 2. The second-order valence-electron chi connectivity index (χ2n) is 5.16. The first-order valence-corrected chi connectivity index (χ1v) is 7.56. The average molecular weight is 369 g/mol. The monoisotopic (exact) mass is 368 g/mol. The number of benzene rings is 1. The normalized spacial score (nSPS) is 16.3. The van der Waals surface area contributed by atoms with Gasteiger partial charge in [0.1, 0.15) is 0 Å². The van der Waals surface area contributed by atoms with Gasteiger partial charge in [0.25, 0.3) is 5.91 Å². The first-order valence-electron chi connectivity index (χ1n) is 6.80. The number of hydrogen-bond acceptors (Lipinski definition) is 2. The van der Waals surface area contributed by atoms with Gasteiger partial charge in [-0.2, -0.15) is 13.2 Å². The molecule has 0 radical (unpaired) electrons. The molecule has 4 nitrogen and oxygen atoms in total. The summed E-state index contributed by atoms with van der Waals surface area (Å²) in [6.45, 7) is -0.116. The smallest absolute Gasteiger partial charge is 0.349 e. The molecule has 0 unspecified atom stereocenters. The van der Waals surface area contributed by atoms with E-state index >= 15 is 0 Å². The third kappa shape index (κ3) is 4.51. The third-order valence-corrected chi connectivity index (χ3v) is 4.08. The molecule has 9 heteroatoms. The molecule has 1 N–H and O–H groups in total. The van der Waals surface area contributed by atoms with Crippen molar-refractivity contribution in [1.29, 1.82) is 0 Å². The van der Waals surface area contributed by atoms with Crippen LogP contribution in [0.15, 0.2) is 18.2 Å². The Balaban J connectivity index is 1.91. The number of piperidine rings is 1. The summed E-state index contributed by atoms with van der Waals surface area (Å²) >= 11 is 11.7.